The fourth-order valence-corrected chi connectivity index (χ4v) is 3.49. The van der Waals surface area contributed by atoms with Crippen molar-refractivity contribution in [3.63, 3.8) is 0 Å². The zero-order valence-corrected chi connectivity index (χ0v) is 17.1. The largest absolute Gasteiger partial charge is 0.487 e. The minimum absolute atomic E-state index is 0.0516. The third-order valence-corrected chi connectivity index (χ3v) is 4.95. The molecule has 0 aromatic heterocycles. The highest BCUT2D eigenvalue weighted by molar-refractivity contribution is 7.92. The van der Waals surface area contributed by atoms with Gasteiger partial charge in [0.2, 0.25) is 10.0 Å². The molecule has 0 saturated heterocycles. The minimum atomic E-state index is -3.86. The predicted molar refractivity (Wildman–Crippen MR) is 109 cm³/mol. The van der Waals surface area contributed by atoms with E-state index >= 15 is 0 Å². The predicted octanol–water partition coefficient (Wildman–Crippen LogP) is 3.36. The van der Waals surface area contributed by atoms with Gasteiger partial charge in [-0.25, -0.2) is 12.8 Å². The Morgan fingerprint density at radius 1 is 1.07 bits per heavy atom. The Morgan fingerprint density at radius 2 is 1.72 bits per heavy atom. The van der Waals surface area contributed by atoms with Crippen molar-refractivity contribution in [2.75, 3.05) is 13.2 Å². The molecule has 8 heteroatoms. The van der Waals surface area contributed by atoms with Crippen LogP contribution in [0.1, 0.15) is 19.4 Å². The van der Waals surface area contributed by atoms with Crippen LogP contribution in [0.5, 0.6) is 5.75 Å². The van der Waals surface area contributed by atoms with Crippen molar-refractivity contribution in [2.24, 2.45) is 5.92 Å². The number of benzene rings is 2. The molecular formula is C21H24FNO5S. The SMILES string of the molecule is CC(C)C(NS(=O)(=O)C=Cc1ccccc1)C(=O)OCCOc1ccccc1F. The summed E-state index contributed by atoms with van der Waals surface area (Å²) in [7, 11) is -3.86. The average molecular weight is 421 g/mol. The molecule has 6 nitrogen and oxygen atoms in total. The number of halogens is 1. The van der Waals surface area contributed by atoms with Gasteiger partial charge in [0.05, 0.1) is 0 Å². The van der Waals surface area contributed by atoms with Crippen molar-refractivity contribution in [1.82, 2.24) is 4.72 Å². The van der Waals surface area contributed by atoms with E-state index < -0.39 is 27.9 Å². The maximum atomic E-state index is 13.5. The van der Waals surface area contributed by atoms with Crippen molar-refractivity contribution in [2.45, 2.75) is 19.9 Å². The smallest absolute Gasteiger partial charge is 0.324 e. The number of para-hydroxylation sites is 1. The molecule has 0 aliphatic carbocycles. The second-order valence-electron chi connectivity index (χ2n) is 6.54. The molecule has 0 radical (unpaired) electrons. The lowest BCUT2D eigenvalue weighted by Gasteiger charge is -2.20. The summed E-state index contributed by atoms with van der Waals surface area (Å²) < 4.78 is 50.7. The summed E-state index contributed by atoms with van der Waals surface area (Å²) in [5, 5.41) is 1.01. The zero-order valence-electron chi connectivity index (χ0n) is 16.2. The molecule has 29 heavy (non-hydrogen) atoms. The lowest BCUT2D eigenvalue weighted by Crippen LogP contribution is -2.44. The number of sulfonamides is 1. The van der Waals surface area contributed by atoms with Gasteiger partial charge in [-0.3, -0.25) is 4.79 Å². The Hall–Kier alpha value is -2.71. The number of carbonyl (C=O) groups excluding carboxylic acids is 1. The fourth-order valence-electron chi connectivity index (χ4n) is 2.35. The molecule has 2 aromatic carbocycles. The van der Waals surface area contributed by atoms with Crippen LogP contribution in [0.2, 0.25) is 0 Å². The van der Waals surface area contributed by atoms with Gasteiger partial charge in [-0.2, -0.15) is 4.72 Å². The summed E-state index contributed by atoms with van der Waals surface area (Å²) in [6, 6.07) is 13.7. The summed E-state index contributed by atoms with van der Waals surface area (Å²) in [5.74, 6) is -1.53. The number of esters is 1. The Labute approximate surface area is 170 Å². The van der Waals surface area contributed by atoms with Crippen LogP contribution >= 0.6 is 0 Å². The van der Waals surface area contributed by atoms with Crippen LogP contribution in [0.4, 0.5) is 4.39 Å². The molecule has 1 atom stereocenters. The number of rotatable bonds is 10. The number of nitrogens with one attached hydrogen (secondary N) is 1. The van der Waals surface area contributed by atoms with E-state index in [1.807, 2.05) is 6.07 Å². The van der Waals surface area contributed by atoms with Gasteiger partial charge in [-0.1, -0.05) is 56.3 Å². The highest BCUT2D eigenvalue weighted by Crippen LogP contribution is 2.15. The first kappa shape index (κ1) is 22.6. The maximum absolute atomic E-state index is 13.5. The topological polar surface area (TPSA) is 81.7 Å². The van der Waals surface area contributed by atoms with Crippen LogP contribution in [-0.4, -0.2) is 33.6 Å². The summed E-state index contributed by atoms with van der Waals surface area (Å²) in [6.45, 7) is 3.20. The average Bonchev–Trinajstić information content (AvgIpc) is 2.70. The Kier molecular flexibility index (Phi) is 8.35. The van der Waals surface area contributed by atoms with E-state index in [1.165, 1.54) is 24.3 Å². The van der Waals surface area contributed by atoms with Gasteiger partial charge >= 0.3 is 5.97 Å². The first-order valence-electron chi connectivity index (χ1n) is 9.08. The number of hydrogen-bond acceptors (Lipinski definition) is 5. The van der Waals surface area contributed by atoms with E-state index in [0.29, 0.717) is 5.56 Å². The van der Waals surface area contributed by atoms with Crippen molar-refractivity contribution >= 4 is 22.1 Å². The molecule has 2 rings (SSSR count). The Morgan fingerprint density at radius 3 is 2.38 bits per heavy atom. The van der Waals surface area contributed by atoms with Crippen LogP contribution in [-0.2, 0) is 19.6 Å². The second-order valence-corrected chi connectivity index (χ2v) is 8.14. The summed E-state index contributed by atoms with van der Waals surface area (Å²) in [4.78, 5) is 12.3. The summed E-state index contributed by atoms with van der Waals surface area (Å²) >= 11 is 0. The van der Waals surface area contributed by atoms with Crippen molar-refractivity contribution in [3.8, 4) is 5.75 Å². The van der Waals surface area contributed by atoms with Crippen LogP contribution in [0.25, 0.3) is 6.08 Å². The quantitative estimate of drug-likeness (QED) is 0.470. The molecule has 0 amide bonds. The molecule has 2 aromatic rings. The number of carbonyl (C=O) groups is 1. The molecule has 156 valence electrons. The highest BCUT2D eigenvalue weighted by Gasteiger charge is 2.27. The third-order valence-electron chi connectivity index (χ3n) is 3.87. The van der Waals surface area contributed by atoms with Gasteiger partial charge < -0.3 is 9.47 Å². The van der Waals surface area contributed by atoms with Crippen molar-refractivity contribution < 1.29 is 27.1 Å². The van der Waals surface area contributed by atoms with Crippen LogP contribution in [0, 0.1) is 11.7 Å². The lowest BCUT2D eigenvalue weighted by molar-refractivity contribution is -0.147. The zero-order chi connectivity index (χ0) is 21.3. The van der Waals surface area contributed by atoms with Gasteiger partial charge in [-0.15, -0.1) is 0 Å². The number of ether oxygens (including phenoxy) is 2. The summed E-state index contributed by atoms with van der Waals surface area (Å²) in [5.41, 5.74) is 0.715. The third kappa shape index (κ3) is 7.67. The normalized spacial score (nSPS) is 12.8. The van der Waals surface area contributed by atoms with Gasteiger partial charge in [0.15, 0.2) is 11.6 Å². The molecule has 0 bridgehead atoms. The van der Waals surface area contributed by atoms with E-state index in [-0.39, 0.29) is 24.9 Å². The Balaban J connectivity index is 1.89. The summed E-state index contributed by atoms with van der Waals surface area (Å²) in [6.07, 6.45) is 1.44. The molecule has 1 N–H and O–H groups in total. The van der Waals surface area contributed by atoms with Gasteiger partial charge in [-0.05, 0) is 29.7 Å². The molecule has 0 heterocycles. The van der Waals surface area contributed by atoms with E-state index in [1.54, 1.807) is 44.2 Å². The second kappa shape index (κ2) is 10.7. The molecular weight excluding hydrogens is 397 g/mol. The highest BCUT2D eigenvalue weighted by atomic mass is 32.2. The van der Waals surface area contributed by atoms with Crippen molar-refractivity contribution in [3.05, 3.63) is 71.4 Å². The fraction of sp³-hybridized carbons (Fsp3) is 0.286. The molecule has 0 aliphatic heterocycles. The number of hydrogen-bond donors (Lipinski definition) is 1. The first-order chi connectivity index (χ1) is 13.8. The molecule has 0 saturated carbocycles. The molecule has 0 aliphatic rings. The van der Waals surface area contributed by atoms with Crippen molar-refractivity contribution in [1.29, 1.82) is 0 Å². The van der Waals surface area contributed by atoms with Crippen LogP contribution in [0.15, 0.2) is 60.0 Å². The van der Waals surface area contributed by atoms with Crippen LogP contribution in [0.3, 0.4) is 0 Å². The Bertz CT molecular complexity index is 929. The van der Waals surface area contributed by atoms with E-state index in [0.717, 1.165) is 5.41 Å². The van der Waals surface area contributed by atoms with E-state index in [2.05, 4.69) is 4.72 Å². The van der Waals surface area contributed by atoms with E-state index in [4.69, 9.17) is 9.47 Å². The molecule has 1 unspecified atom stereocenters. The van der Waals surface area contributed by atoms with Crippen LogP contribution < -0.4 is 9.46 Å². The first-order valence-corrected chi connectivity index (χ1v) is 10.6. The van der Waals surface area contributed by atoms with Gasteiger partial charge in [0.25, 0.3) is 0 Å². The molecule has 0 spiro atoms. The molecule has 0 fully saturated rings. The minimum Gasteiger partial charge on any atom is -0.487 e. The monoisotopic (exact) mass is 421 g/mol. The van der Waals surface area contributed by atoms with E-state index in [9.17, 15) is 17.6 Å². The maximum Gasteiger partial charge on any atom is 0.324 e. The standard InChI is InChI=1S/C21H24FNO5S/c1-16(2)20(23-29(25,26)15-12-17-8-4-3-5-9-17)21(24)28-14-13-27-19-11-7-6-10-18(19)22/h3-12,15-16,20,23H,13-14H2,1-2H3. The van der Waals surface area contributed by atoms with Gasteiger partial charge in [0.1, 0.15) is 19.3 Å². The lowest BCUT2D eigenvalue weighted by atomic mass is 10.1. The van der Waals surface area contributed by atoms with Gasteiger partial charge in [0, 0.05) is 5.41 Å².